The zero-order valence-electron chi connectivity index (χ0n) is 11.7. The Labute approximate surface area is 114 Å². The third-order valence-corrected chi connectivity index (χ3v) is 3.64. The van der Waals surface area contributed by atoms with Crippen LogP contribution in [0.15, 0.2) is 18.2 Å². The Balaban J connectivity index is 2.11. The van der Waals surface area contributed by atoms with Gasteiger partial charge in [0, 0.05) is 31.9 Å². The van der Waals surface area contributed by atoms with Crippen molar-refractivity contribution in [1.82, 2.24) is 0 Å². The molecule has 1 unspecified atom stereocenters. The Morgan fingerprint density at radius 2 is 2.26 bits per heavy atom. The Hall–Kier alpha value is -1.13. The van der Waals surface area contributed by atoms with E-state index in [0.717, 1.165) is 37.2 Å². The van der Waals surface area contributed by atoms with Gasteiger partial charge in [-0.15, -0.1) is 0 Å². The van der Waals surface area contributed by atoms with Crippen molar-refractivity contribution in [2.75, 3.05) is 25.1 Å². The Kier molecular flexibility index (Phi) is 4.77. The van der Waals surface area contributed by atoms with Crippen LogP contribution in [0.5, 0.6) is 0 Å². The van der Waals surface area contributed by atoms with Crippen molar-refractivity contribution in [3.8, 4) is 0 Å². The van der Waals surface area contributed by atoms with Gasteiger partial charge in [-0.1, -0.05) is 0 Å². The molecule has 0 amide bonds. The lowest BCUT2D eigenvalue weighted by atomic mass is 10.0. The quantitative estimate of drug-likeness (QED) is 0.910. The summed E-state index contributed by atoms with van der Waals surface area (Å²) in [5.41, 5.74) is 7.77. The lowest BCUT2D eigenvalue weighted by Gasteiger charge is -2.30. The number of hydrogen-bond acceptors (Lipinski definition) is 3. The Morgan fingerprint density at radius 1 is 1.47 bits per heavy atom. The van der Waals surface area contributed by atoms with Crippen molar-refractivity contribution in [2.24, 2.45) is 5.73 Å². The van der Waals surface area contributed by atoms with Gasteiger partial charge in [0.15, 0.2) is 0 Å². The number of anilines is 1. The largest absolute Gasteiger partial charge is 0.376 e. The van der Waals surface area contributed by atoms with Gasteiger partial charge in [0.2, 0.25) is 0 Å². The van der Waals surface area contributed by atoms with Gasteiger partial charge in [-0.3, -0.25) is 0 Å². The molecule has 0 saturated carbocycles. The van der Waals surface area contributed by atoms with E-state index < -0.39 is 0 Å². The first-order chi connectivity index (χ1) is 9.08. The zero-order valence-corrected chi connectivity index (χ0v) is 11.7. The smallest absolute Gasteiger partial charge is 0.123 e. The summed E-state index contributed by atoms with van der Waals surface area (Å²) in [5, 5.41) is 0. The lowest BCUT2D eigenvalue weighted by Crippen LogP contribution is -2.34. The van der Waals surface area contributed by atoms with E-state index in [1.54, 1.807) is 6.07 Å². The molecule has 0 spiro atoms. The van der Waals surface area contributed by atoms with E-state index in [2.05, 4.69) is 4.90 Å². The third-order valence-electron chi connectivity index (χ3n) is 3.64. The summed E-state index contributed by atoms with van der Waals surface area (Å²) in [6.07, 6.45) is 3.74. The van der Waals surface area contributed by atoms with Gasteiger partial charge in [-0.25, -0.2) is 4.39 Å². The second-order valence-electron chi connectivity index (χ2n) is 5.36. The first kappa shape index (κ1) is 14.3. The summed E-state index contributed by atoms with van der Waals surface area (Å²) in [5.74, 6) is -0.238. The topological polar surface area (TPSA) is 38.5 Å². The molecule has 3 nitrogen and oxygen atoms in total. The maximum absolute atomic E-state index is 13.3. The van der Waals surface area contributed by atoms with Crippen LogP contribution in [-0.2, 0) is 4.74 Å². The van der Waals surface area contributed by atoms with Gasteiger partial charge in [-0.05, 0) is 49.9 Å². The predicted octanol–water partition coefficient (Wildman–Crippen LogP) is 2.85. The van der Waals surface area contributed by atoms with Crippen molar-refractivity contribution < 1.29 is 9.13 Å². The number of halogens is 1. The van der Waals surface area contributed by atoms with Crippen molar-refractivity contribution in [3.05, 3.63) is 29.6 Å². The number of hydrogen-bond donors (Lipinski definition) is 1. The number of nitrogens with two attached hydrogens (primary N) is 1. The fourth-order valence-electron chi connectivity index (χ4n) is 2.59. The van der Waals surface area contributed by atoms with E-state index in [0.29, 0.717) is 0 Å². The van der Waals surface area contributed by atoms with Crippen LogP contribution in [0.4, 0.5) is 10.1 Å². The number of likely N-dealkylation sites (N-methyl/N-ethyl adjacent to an activating group) is 1. The van der Waals surface area contributed by atoms with Gasteiger partial charge in [-0.2, -0.15) is 0 Å². The minimum absolute atomic E-state index is 0.180. The van der Waals surface area contributed by atoms with Crippen LogP contribution in [-0.4, -0.2) is 26.3 Å². The van der Waals surface area contributed by atoms with Gasteiger partial charge in [0.25, 0.3) is 0 Å². The van der Waals surface area contributed by atoms with Crippen LogP contribution < -0.4 is 10.6 Å². The Morgan fingerprint density at radius 3 is 2.89 bits per heavy atom. The van der Waals surface area contributed by atoms with Crippen molar-refractivity contribution in [1.29, 1.82) is 0 Å². The molecule has 19 heavy (non-hydrogen) atoms. The fraction of sp³-hybridized carbons (Fsp3) is 0.600. The summed E-state index contributed by atoms with van der Waals surface area (Å²) < 4.78 is 19.1. The number of rotatable bonds is 4. The third kappa shape index (κ3) is 3.67. The highest BCUT2D eigenvalue weighted by atomic mass is 19.1. The van der Waals surface area contributed by atoms with Gasteiger partial charge >= 0.3 is 0 Å². The van der Waals surface area contributed by atoms with Crippen LogP contribution in [0.25, 0.3) is 0 Å². The van der Waals surface area contributed by atoms with Crippen LogP contribution in [0.3, 0.4) is 0 Å². The van der Waals surface area contributed by atoms with Gasteiger partial charge in [0.05, 0.1) is 6.10 Å². The molecule has 0 aromatic heterocycles. The molecule has 4 heteroatoms. The van der Waals surface area contributed by atoms with E-state index in [9.17, 15) is 4.39 Å². The molecule has 0 radical (unpaired) electrons. The monoisotopic (exact) mass is 266 g/mol. The summed E-state index contributed by atoms with van der Waals surface area (Å²) in [6.45, 7) is 3.55. The maximum Gasteiger partial charge on any atom is 0.123 e. The molecule has 1 aliphatic rings. The van der Waals surface area contributed by atoms with Crippen LogP contribution >= 0.6 is 0 Å². The van der Waals surface area contributed by atoms with E-state index in [4.69, 9.17) is 10.5 Å². The molecule has 1 saturated heterocycles. The molecule has 1 heterocycles. The molecule has 1 aromatic rings. The Bertz CT molecular complexity index is 417. The highest BCUT2D eigenvalue weighted by Crippen LogP contribution is 2.26. The van der Waals surface area contributed by atoms with Crippen LogP contribution in [0, 0.1) is 5.82 Å². The summed E-state index contributed by atoms with van der Waals surface area (Å²) in [6, 6.07) is 4.63. The van der Waals surface area contributed by atoms with Crippen LogP contribution in [0.2, 0.25) is 0 Å². The standard InChI is InChI=1S/C15H23FN2O/c1-11(17)14-9-12(16)6-7-15(14)18(2)10-13-5-3-4-8-19-13/h6-7,9,11,13H,3-5,8,10,17H2,1-2H3/t11-,13?/m1/s1. The molecule has 106 valence electrons. The fourth-order valence-corrected chi connectivity index (χ4v) is 2.59. The molecule has 2 N–H and O–H groups in total. The minimum atomic E-state index is -0.238. The molecule has 2 rings (SSSR count). The van der Waals surface area contributed by atoms with Crippen molar-refractivity contribution in [2.45, 2.75) is 38.3 Å². The SMILES string of the molecule is C[C@@H](N)c1cc(F)ccc1N(C)CC1CCCCO1. The molecule has 0 bridgehead atoms. The van der Waals surface area contributed by atoms with Gasteiger partial charge < -0.3 is 15.4 Å². The highest BCUT2D eigenvalue weighted by molar-refractivity contribution is 5.54. The number of nitrogens with zero attached hydrogens (tertiary/aromatic N) is 1. The van der Waals surface area contributed by atoms with E-state index in [1.807, 2.05) is 14.0 Å². The van der Waals surface area contributed by atoms with Gasteiger partial charge in [0.1, 0.15) is 5.82 Å². The van der Waals surface area contributed by atoms with E-state index in [-0.39, 0.29) is 18.0 Å². The highest BCUT2D eigenvalue weighted by Gasteiger charge is 2.18. The average molecular weight is 266 g/mol. The van der Waals surface area contributed by atoms with Crippen molar-refractivity contribution >= 4 is 5.69 Å². The van der Waals surface area contributed by atoms with E-state index in [1.165, 1.54) is 18.6 Å². The molecule has 1 aliphatic heterocycles. The summed E-state index contributed by atoms with van der Waals surface area (Å²) >= 11 is 0. The molecule has 2 atom stereocenters. The predicted molar refractivity (Wildman–Crippen MR) is 75.9 cm³/mol. The normalized spacial score (nSPS) is 21.2. The first-order valence-corrected chi connectivity index (χ1v) is 6.95. The zero-order chi connectivity index (χ0) is 13.8. The molecule has 0 aliphatic carbocycles. The van der Waals surface area contributed by atoms with E-state index >= 15 is 0 Å². The summed E-state index contributed by atoms with van der Waals surface area (Å²) in [4.78, 5) is 2.12. The molecule has 1 fully saturated rings. The second kappa shape index (κ2) is 6.35. The molecular weight excluding hydrogens is 243 g/mol. The summed E-state index contributed by atoms with van der Waals surface area (Å²) in [7, 11) is 2.01. The maximum atomic E-state index is 13.3. The van der Waals surface area contributed by atoms with Crippen molar-refractivity contribution in [3.63, 3.8) is 0 Å². The van der Waals surface area contributed by atoms with Crippen LogP contribution in [0.1, 0.15) is 37.8 Å². The first-order valence-electron chi connectivity index (χ1n) is 6.95. The molecular formula is C15H23FN2O. The molecule has 1 aromatic carbocycles. The average Bonchev–Trinajstić information content (AvgIpc) is 2.39. The number of benzene rings is 1. The minimum Gasteiger partial charge on any atom is -0.376 e. The lowest BCUT2D eigenvalue weighted by molar-refractivity contribution is 0.0216. The second-order valence-corrected chi connectivity index (χ2v) is 5.36. The number of ether oxygens (including phenoxy) is 1.